The molecule has 1 aliphatic carbocycles. The quantitative estimate of drug-likeness (QED) is 0.859. The van der Waals surface area contributed by atoms with Crippen LogP contribution < -0.4 is 10.6 Å². The van der Waals surface area contributed by atoms with Gasteiger partial charge in [0.1, 0.15) is 0 Å². The van der Waals surface area contributed by atoms with Crippen molar-refractivity contribution in [2.24, 2.45) is 5.92 Å². The molecular formula is C18H22N4O. The minimum Gasteiger partial charge on any atom is -0.383 e. The third-order valence-corrected chi connectivity index (χ3v) is 4.25. The Morgan fingerprint density at radius 1 is 1.35 bits per heavy atom. The number of aromatic nitrogens is 2. The van der Waals surface area contributed by atoms with Crippen molar-refractivity contribution < 1.29 is 4.79 Å². The first kappa shape index (κ1) is 15.5. The molecule has 0 atom stereocenters. The largest absolute Gasteiger partial charge is 0.383 e. The number of nitrogens with zero attached hydrogens (tertiary/aromatic N) is 2. The number of rotatable bonds is 6. The van der Waals surface area contributed by atoms with Crippen molar-refractivity contribution in [1.82, 2.24) is 15.5 Å². The fourth-order valence-corrected chi connectivity index (χ4v) is 2.64. The molecule has 2 N–H and O–H groups in total. The molecule has 23 heavy (non-hydrogen) atoms. The van der Waals surface area contributed by atoms with Gasteiger partial charge in [0.25, 0.3) is 5.91 Å². The highest BCUT2D eigenvalue weighted by Gasteiger charge is 2.21. The summed E-state index contributed by atoms with van der Waals surface area (Å²) in [5.74, 6) is 0.610. The SMILES string of the molecule is C=C(C)c1ccc2c(NCCC3CC3)c(C(=O)NC)nnc2c1. The second-order valence-corrected chi connectivity index (χ2v) is 6.17. The van der Waals surface area contributed by atoms with E-state index in [1.165, 1.54) is 12.8 Å². The molecule has 3 rings (SSSR count). The molecule has 1 amide bonds. The van der Waals surface area contributed by atoms with E-state index in [9.17, 15) is 4.79 Å². The lowest BCUT2D eigenvalue weighted by atomic mass is 10.0. The summed E-state index contributed by atoms with van der Waals surface area (Å²) >= 11 is 0. The van der Waals surface area contributed by atoms with Gasteiger partial charge in [-0.15, -0.1) is 10.2 Å². The Balaban J connectivity index is 2.00. The Kier molecular flexibility index (Phi) is 4.28. The number of hydrogen-bond acceptors (Lipinski definition) is 4. The molecule has 0 radical (unpaired) electrons. The second kappa shape index (κ2) is 6.36. The number of nitrogens with one attached hydrogen (secondary N) is 2. The molecular weight excluding hydrogens is 288 g/mol. The topological polar surface area (TPSA) is 66.9 Å². The molecule has 1 fully saturated rings. The van der Waals surface area contributed by atoms with Gasteiger partial charge >= 0.3 is 0 Å². The monoisotopic (exact) mass is 310 g/mol. The van der Waals surface area contributed by atoms with Gasteiger partial charge in [-0.05, 0) is 37.0 Å². The van der Waals surface area contributed by atoms with E-state index in [0.717, 1.165) is 46.6 Å². The maximum absolute atomic E-state index is 12.1. The van der Waals surface area contributed by atoms with E-state index in [1.807, 2.05) is 25.1 Å². The number of carbonyl (C=O) groups excluding carboxylic acids is 1. The zero-order chi connectivity index (χ0) is 16.4. The lowest BCUT2D eigenvalue weighted by Crippen LogP contribution is -2.22. The van der Waals surface area contributed by atoms with Crippen molar-refractivity contribution in [3.8, 4) is 0 Å². The van der Waals surface area contributed by atoms with Crippen molar-refractivity contribution in [2.75, 3.05) is 18.9 Å². The summed E-state index contributed by atoms with van der Waals surface area (Å²) in [6.45, 7) is 6.77. The van der Waals surface area contributed by atoms with Crippen molar-refractivity contribution in [3.63, 3.8) is 0 Å². The van der Waals surface area contributed by atoms with Gasteiger partial charge in [0.05, 0.1) is 11.2 Å². The molecule has 0 unspecified atom stereocenters. The summed E-state index contributed by atoms with van der Waals surface area (Å²) < 4.78 is 0. The average Bonchev–Trinajstić information content (AvgIpc) is 3.37. The first-order chi connectivity index (χ1) is 11.1. The van der Waals surface area contributed by atoms with Crippen LogP contribution in [-0.4, -0.2) is 29.7 Å². The number of benzene rings is 1. The van der Waals surface area contributed by atoms with Crippen LogP contribution >= 0.6 is 0 Å². The average molecular weight is 310 g/mol. The summed E-state index contributed by atoms with van der Waals surface area (Å²) in [6, 6.07) is 5.95. The van der Waals surface area contributed by atoms with E-state index in [-0.39, 0.29) is 5.91 Å². The number of amides is 1. The van der Waals surface area contributed by atoms with Gasteiger partial charge < -0.3 is 10.6 Å². The van der Waals surface area contributed by atoms with E-state index in [4.69, 9.17) is 0 Å². The van der Waals surface area contributed by atoms with Gasteiger partial charge in [-0.1, -0.05) is 31.1 Å². The summed E-state index contributed by atoms with van der Waals surface area (Å²) in [5.41, 5.74) is 3.89. The molecule has 1 aromatic heterocycles. The third kappa shape index (κ3) is 3.33. The molecule has 2 aromatic rings. The standard InChI is InChI=1S/C18H22N4O/c1-11(2)13-6-7-14-15(10-13)21-22-17(18(23)19-3)16(14)20-9-8-12-4-5-12/h6-7,10,12H,1,4-5,8-9H2,2-3H3,(H,19,23)(H,20,21). The Labute approximate surface area is 136 Å². The first-order valence-electron chi connectivity index (χ1n) is 8.02. The van der Waals surface area contributed by atoms with Gasteiger partial charge in [-0.25, -0.2) is 0 Å². The van der Waals surface area contributed by atoms with E-state index >= 15 is 0 Å². The zero-order valence-corrected chi connectivity index (χ0v) is 13.6. The van der Waals surface area contributed by atoms with Gasteiger partial charge in [0.15, 0.2) is 5.69 Å². The van der Waals surface area contributed by atoms with Crippen LogP contribution in [0.2, 0.25) is 0 Å². The van der Waals surface area contributed by atoms with E-state index in [0.29, 0.717) is 5.69 Å². The van der Waals surface area contributed by atoms with Gasteiger partial charge in [0, 0.05) is 19.0 Å². The predicted octanol–water partition coefficient (Wildman–Crippen LogP) is 3.23. The van der Waals surface area contributed by atoms with Gasteiger partial charge in [-0.3, -0.25) is 4.79 Å². The van der Waals surface area contributed by atoms with Crippen LogP contribution in [0.3, 0.4) is 0 Å². The van der Waals surface area contributed by atoms with Crippen LogP contribution in [0.15, 0.2) is 24.8 Å². The van der Waals surface area contributed by atoms with Crippen LogP contribution in [0.5, 0.6) is 0 Å². The zero-order valence-electron chi connectivity index (χ0n) is 13.6. The maximum atomic E-state index is 12.1. The molecule has 5 heteroatoms. The molecule has 5 nitrogen and oxygen atoms in total. The molecule has 0 aliphatic heterocycles. The summed E-state index contributed by atoms with van der Waals surface area (Å²) in [4.78, 5) is 12.1. The van der Waals surface area contributed by atoms with Crippen LogP contribution in [0, 0.1) is 5.92 Å². The Morgan fingerprint density at radius 3 is 2.78 bits per heavy atom. The van der Waals surface area contributed by atoms with Crippen LogP contribution in [0.4, 0.5) is 5.69 Å². The Morgan fingerprint density at radius 2 is 2.13 bits per heavy atom. The maximum Gasteiger partial charge on any atom is 0.273 e. The fraction of sp³-hybridized carbons (Fsp3) is 0.389. The van der Waals surface area contributed by atoms with E-state index in [1.54, 1.807) is 7.05 Å². The smallest absolute Gasteiger partial charge is 0.273 e. The second-order valence-electron chi connectivity index (χ2n) is 6.17. The number of allylic oxidation sites excluding steroid dienone is 1. The van der Waals surface area contributed by atoms with Crippen LogP contribution in [0.1, 0.15) is 42.2 Å². The number of carbonyl (C=O) groups is 1. The molecule has 0 saturated heterocycles. The number of hydrogen-bond donors (Lipinski definition) is 2. The normalized spacial score (nSPS) is 13.8. The van der Waals surface area contributed by atoms with E-state index < -0.39 is 0 Å². The van der Waals surface area contributed by atoms with Crippen molar-refractivity contribution >= 4 is 28.1 Å². The fourth-order valence-electron chi connectivity index (χ4n) is 2.64. The Bertz CT molecular complexity index is 765. The molecule has 120 valence electrons. The lowest BCUT2D eigenvalue weighted by Gasteiger charge is -2.13. The van der Waals surface area contributed by atoms with Gasteiger partial charge in [0.2, 0.25) is 0 Å². The highest BCUT2D eigenvalue weighted by molar-refractivity contribution is 6.05. The summed E-state index contributed by atoms with van der Waals surface area (Å²) in [7, 11) is 1.60. The number of anilines is 1. The summed E-state index contributed by atoms with van der Waals surface area (Å²) in [5, 5.41) is 15.3. The highest BCUT2D eigenvalue weighted by Crippen LogP contribution is 2.33. The first-order valence-corrected chi connectivity index (χ1v) is 8.02. The molecule has 1 heterocycles. The summed E-state index contributed by atoms with van der Waals surface area (Å²) in [6.07, 6.45) is 3.77. The van der Waals surface area contributed by atoms with Crippen molar-refractivity contribution in [2.45, 2.75) is 26.2 Å². The van der Waals surface area contributed by atoms with Crippen molar-refractivity contribution in [1.29, 1.82) is 0 Å². The molecule has 0 spiro atoms. The van der Waals surface area contributed by atoms with Crippen molar-refractivity contribution in [3.05, 3.63) is 36.0 Å². The van der Waals surface area contributed by atoms with Gasteiger partial charge in [-0.2, -0.15) is 0 Å². The molecule has 1 saturated carbocycles. The molecule has 0 bridgehead atoms. The molecule has 1 aliphatic rings. The van der Waals surface area contributed by atoms with E-state index in [2.05, 4.69) is 27.4 Å². The minimum absolute atomic E-state index is 0.225. The molecule has 1 aromatic carbocycles. The lowest BCUT2D eigenvalue weighted by molar-refractivity contribution is 0.0958. The predicted molar refractivity (Wildman–Crippen MR) is 93.5 cm³/mol. The Hall–Kier alpha value is -2.43. The highest BCUT2D eigenvalue weighted by atomic mass is 16.1. The van der Waals surface area contributed by atoms with Crippen LogP contribution in [-0.2, 0) is 0 Å². The number of fused-ring (bicyclic) bond motifs is 1. The van der Waals surface area contributed by atoms with Crippen LogP contribution in [0.25, 0.3) is 16.5 Å². The minimum atomic E-state index is -0.225. The third-order valence-electron chi connectivity index (χ3n) is 4.25.